The first-order valence-corrected chi connectivity index (χ1v) is 7.68. The standard InChI is InChI=1S/C14H10F3N5OS/c15-14(16,17)9-4-1-2-5-10(9)19-11(23)8-24-13-20-12-18-6-3-7-22(12)21-13/h1-7H,8H2,(H,19,23). The summed E-state index contributed by atoms with van der Waals surface area (Å²) in [6, 6.07) is 6.49. The Labute approximate surface area is 138 Å². The van der Waals surface area contributed by atoms with Crippen molar-refractivity contribution in [1.82, 2.24) is 19.6 Å². The molecule has 0 saturated carbocycles. The minimum Gasteiger partial charge on any atom is -0.325 e. The number of alkyl halides is 3. The van der Waals surface area contributed by atoms with Gasteiger partial charge in [0, 0.05) is 12.4 Å². The molecule has 1 amide bonds. The Balaban J connectivity index is 1.66. The van der Waals surface area contributed by atoms with Crippen molar-refractivity contribution in [1.29, 1.82) is 0 Å². The Hall–Kier alpha value is -2.62. The lowest BCUT2D eigenvalue weighted by molar-refractivity contribution is -0.137. The number of hydrogen-bond acceptors (Lipinski definition) is 5. The van der Waals surface area contributed by atoms with Crippen LogP contribution in [-0.2, 0) is 11.0 Å². The van der Waals surface area contributed by atoms with Crippen LogP contribution < -0.4 is 5.32 Å². The van der Waals surface area contributed by atoms with Crippen molar-refractivity contribution >= 4 is 29.1 Å². The predicted octanol–water partition coefficient (Wildman–Crippen LogP) is 2.87. The molecule has 0 fully saturated rings. The molecule has 0 spiro atoms. The average Bonchev–Trinajstić information content (AvgIpc) is 2.95. The van der Waals surface area contributed by atoms with Gasteiger partial charge in [-0.3, -0.25) is 4.79 Å². The maximum Gasteiger partial charge on any atom is 0.418 e. The number of carbonyl (C=O) groups excluding carboxylic acids is 1. The third-order valence-corrected chi connectivity index (χ3v) is 3.77. The van der Waals surface area contributed by atoms with Gasteiger partial charge in [0.05, 0.1) is 17.0 Å². The molecule has 6 nitrogen and oxygen atoms in total. The zero-order chi connectivity index (χ0) is 17.2. The summed E-state index contributed by atoms with van der Waals surface area (Å²) in [5.74, 6) is -0.324. The quantitative estimate of drug-likeness (QED) is 0.730. The fourth-order valence-electron chi connectivity index (χ4n) is 1.93. The van der Waals surface area contributed by atoms with E-state index in [-0.39, 0.29) is 11.4 Å². The largest absolute Gasteiger partial charge is 0.418 e. The Kier molecular flexibility index (Phi) is 4.38. The highest BCUT2D eigenvalue weighted by Crippen LogP contribution is 2.34. The number of fused-ring (bicyclic) bond motifs is 1. The summed E-state index contributed by atoms with van der Waals surface area (Å²) in [6.45, 7) is 0. The SMILES string of the molecule is O=C(CSc1nc2ncccn2n1)Nc1ccccc1C(F)(F)F. The molecule has 0 aliphatic carbocycles. The maximum atomic E-state index is 12.9. The second-order valence-electron chi connectivity index (χ2n) is 4.64. The average molecular weight is 353 g/mol. The summed E-state index contributed by atoms with van der Waals surface area (Å²) in [7, 11) is 0. The number of aromatic nitrogens is 4. The van der Waals surface area contributed by atoms with E-state index in [2.05, 4.69) is 20.4 Å². The van der Waals surface area contributed by atoms with Crippen LogP contribution in [0.5, 0.6) is 0 Å². The van der Waals surface area contributed by atoms with E-state index in [1.165, 1.54) is 22.7 Å². The van der Waals surface area contributed by atoms with Gasteiger partial charge in [0.15, 0.2) is 0 Å². The molecule has 2 heterocycles. The van der Waals surface area contributed by atoms with Crippen LogP contribution in [0.25, 0.3) is 5.78 Å². The monoisotopic (exact) mass is 353 g/mol. The van der Waals surface area contributed by atoms with Crippen LogP contribution in [0.1, 0.15) is 5.56 Å². The van der Waals surface area contributed by atoms with E-state index in [1.54, 1.807) is 18.5 Å². The summed E-state index contributed by atoms with van der Waals surface area (Å²) >= 11 is 1.01. The smallest absolute Gasteiger partial charge is 0.325 e. The Morgan fingerprint density at radius 2 is 2.04 bits per heavy atom. The molecule has 0 bridgehead atoms. The van der Waals surface area contributed by atoms with E-state index in [9.17, 15) is 18.0 Å². The zero-order valence-corrected chi connectivity index (χ0v) is 12.8. The first-order valence-electron chi connectivity index (χ1n) is 6.70. The predicted molar refractivity (Wildman–Crippen MR) is 81.6 cm³/mol. The van der Waals surface area contributed by atoms with Gasteiger partial charge in [-0.2, -0.15) is 18.2 Å². The number of benzene rings is 1. The van der Waals surface area contributed by atoms with Crippen LogP contribution in [0.15, 0.2) is 47.9 Å². The van der Waals surface area contributed by atoms with Gasteiger partial charge in [0.25, 0.3) is 5.78 Å². The highest BCUT2D eigenvalue weighted by atomic mass is 32.2. The molecular weight excluding hydrogens is 343 g/mol. The van der Waals surface area contributed by atoms with Crippen LogP contribution in [0.3, 0.4) is 0 Å². The van der Waals surface area contributed by atoms with Gasteiger partial charge in [-0.15, -0.1) is 5.10 Å². The van der Waals surface area contributed by atoms with Gasteiger partial charge >= 0.3 is 6.18 Å². The summed E-state index contributed by atoms with van der Waals surface area (Å²) in [4.78, 5) is 20.0. The highest BCUT2D eigenvalue weighted by molar-refractivity contribution is 7.99. The number of rotatable bonds is 4. The van der Waals surface area contributed by atoms with Crippen molar-refractivity contribution in [3.05, 3.63) is 48.3 Å². The van der Waals surface area contributed by atoms with Crippen molar-refractivity contribution in [2.75, 3.05) is 11.1 Å². The summed E-state index contributed by atoms with van der Waals surface area (Å²) in [5.41, 5.74) is -1.17. The van der Waals surface area contributed by atoms with E-state index >= 15 is 0 Å². The van der Waals surface area contributed by atoms with Crippen molar-refractivity contribution in [2.45, 2.75) is 11.3 Å². The molecule has 24 heavy (non-hydrogen) atoms. The second-order valence-corrected chi connectivity index (χ2v) is 5.58. The third-order valence-electron chi connectivity index (χ3n) is 2.94. The number of nitrogens with zero attached hydrogens (tertiary/aromatic N) is 4. The summed E-state index contributed by atoms with van der Waals surface area (Å²) < 4.78 is 40.1. The number of nitrogens with one attached hydrogen (secondary N) is 1. The molecule has 0 aliphatic heterocycles. The molecule has 10 heteroatoms. The second kappa shape index (κ2) is 6.48. The Morgan fingerprint density at radius 1 is 1.25 bits per heavy atom. The molecule has 3 rings (SSSR count). The van der Waals surface area contributed by atoms with Crippen LogP contribution in [0.2, 0.25) is 0 Å². The normalized spacial score (nSPS) is 11.6. The van der Waals surface area contributed by atoms with Gasteiger partial charge in [0.1, 0.15) is 0 Å². The topological polar surface area (TPSA) is 72.2 Å². The van der Waals surface area contributed by atoms with Crippen molar-refractivity contribution in [3.63, 3.8) is 0 Å². The molecule has 124 valence electrons. The molecule has 0 aliphatic rings. The van der Waals surface area contributed by atoms with Gasteiger partial charge in [-0.05, 0) is 18.2 Å². The Morgan fingerprint density at radius 3 is 2.79 bits per heavy atom. The molecule has 3 aromatic rings. The number of carbonyl (C=O) groups is 1. The molecule has 1 N–H and O–H groups in total. The van der Waals surface area contributed by atoms with Gasteiger partial charge in [-0.1, -0.05) is 23.9 Å². The number of anilines is 1. The molecule has 0 unspecified atom stereocenters. The first kappa shape index (κ1) is 16.2. The fraction of sp³-hybridized carbons (Fsp3) is 0.143. The maximum absolute atomic E-state index is 12.9. The lowest BCUT2D eigenvalue weighted by Crippen LogP contribution is -2.18. The van der Waals surface area contributed by atoms with E-state index in [0.717, 1.165) is 17.8 Å². The van der Waals surface area contributed by atoms with E-state index in [4.69, 9.17) is 0 Å². The lowest BCUT2D eigenvalue weighted by Gasteiger charge is -2.13. The van der Waals surface area contributed by atoms with Crippen LogP contribution in [0.4, 0.5) is 18.9 Å². The molecule has 2 aromatic heterocycles. The number of thioether (sulfide) groups is 1. The number of para-hydroxylation sites is 1. The van der Waals surface area contributed by atoms with E-state index in [0.29, 0.717) is 10.9 Å². The van der Waals surface area contributed by atoms with Crippen LogP contribution in [0, 0.1) is 0 Å². The molecule has 0 radical (unpaired) electrons. The van der Waals surface area contributed by atoms with Gasteiger partial charge in [-0.25, -0.2) is 9.50 Å². The summed E-state index contributed by atoms with van der Waals surface area (Å²) in [6.07, 6.45) is -1.33. The van der Waals surface area contributed by atoms with Crippen LogP contribution >= 0.6 is 11.8 Å². The third kappa shape index (κ3) is 3.65. The van der Waals surface area contributed by atoms with Gasteiger partial charge in [0.2, 0.25) is 11.1 Å². The summed E-state index contributed by atoms with van der Waals surface area (Å²) in [5, 5.41) is 6.67. The molecule has 0 atom stereocenters. The van der Waals surface area contributed by atoms with Gasteiger partial charge < -0.3 is 5.32 Å². The first-order chi connectivity index (χ1) is 11.4. The van der Waals surface area contributed by atoms with E-state index in [1.807, 2.05) is 0 Å². The molecule has 1 aromatic carbocycles. The highest BCUT2D eigenvalue weighted by Gasteiger charge is 2.33. The number of hydrogen-bond donors (Lipinski definition) is 1. The minimum absolute atomic E-state index is 0.122. The Bertz CT molecular complexity index is 847. The lowest BCUT2D eigenvalue weighted by atomic mass is 10.1. The van der Waals surface area contributed by atoms with Crippen LogP contribution in [-0.4, -0.2) is 31.2 Å². The molecule has 0 saturated heterocycles. The van der Waals surface area contributed by atoms with E-state index < -0.39 is 17.6 Å². The van der Waals surface area contributed by atoms with Crippen molar-refractivity contribution in [2.24, 2.45) is 0 Å². The van der Waals surface area contributed by atoms with Crippen molar-refractivity contribution in [3.8, 4) is 0 Å². The zero-order valence-electron chi connectivity index (χ0n) is 12.0. The fourth-order valence-corrected chi connectivity index (χ4v) is 2.55. The number of halogens is 3. The number of amides is 1. The molecular formula is C14H10F3N5OS. The minimum atomic E-state index is -4.54. The van der Waals surface area contributed by atoms with Crippen molar-refractivity contribution < 1.29 is 18.0 Å².